The molecule has 2 saturated heterocycles. The highest BCUT2D eigenvalue weighted by atomic mass is 16.2. The number of imidazole rings is 1. The van der Waals surface area contributed by atoms with Crippen LogP contribution in [0.15, 0.2) is 36.7 Å². The van der Waals surface area contributed by atoms with Gasteiger partial charge in [0.15, 0.2) is 0 Å². The molecular weight excluding hydrogens is 366 g/mol. The van der Waals surface area contributed by atoms with E-state index in [4.69, 9.17) is 0 Å². The van der Waals surface area contributed by atoms with Gasteiger partial charge in [-0.05, 0) is 24.1 Å². The lowest BCUT2D eigenvalue weighted by Gasteiger charge is -2.37. The molecule has 0 spiro atoms. The van der Waals surface area contributed by atoms with E-state index in [2.05, 4.69) is 29.4 Å². The number of amides is 2. The number of aromatic nitrogens is 2. The predicted molar refractivity (Wildman–Crippen MR) is 111 cm³/mol. The number of benzene rings is 1. The van der Waals surface area contributed by atoms with E-state index in [9.17, 15) is 9.59 Å². The van der Waals surface area contributed by atoms with E-state index in [-0.39, 0.29) is 30.2 Å². The van der Waals surface area contributed by atoms with Gasteiger partial charge in [0.25, 0.3) is 0 Å². The highest BCUT2D eigenvalue weighted by Crippen LogP contribution is 2.30. The number of aryl methyl sites for hydroxylation is 2. The number of hydrogen-bond acceptors (Lipinski definition) is 4. The lowest BCUT2D eigenvalue weighted by atomic mass is 10.0. The van der Waals surface area contributed by atoms with Crippen molar-refractivity contribution in [2.24, 2.45) is 13.0 Å². The molecule has 154 valence electrons. The molecule has 0 saturated carbocycles. The van der Waals surface area contributed by atoms with Crippen molar-refractivity contribution >= 4 is 17.5 Å². The first kappa shape index (κ1) is 19.6. The Balaban J connectivity index is 1.49. The topological polar surface area (TPSA) is 70.5 Å². The predicted octanol–water partition coefficient (Wildman–Crippen LogP) is 1.90. The van der Waals surface area contributed by atoms with Crippen molar-refractivity contribution in [1.82, 2.24) is 19.8 Å². The van der Waals surface area contributed by atoms with Crippen molar-refractivity contribution in [3.63, 3.8) is 0 Å². The standard InChI is InChI=1S/C22H29N5O2/c1-3-4-16-5-7-18(8-6-16)27-15-17(13-20(27)28)22(29)26-12-9-23-14-19(26)21-24-10-11-25(21)2/h5-8,10-11,17,19,23H,3-4,9,12-15H2,1-2H3. The fourth-order valence-electron chi connectivity index (χ4n) is 4.39. The maximum Gasteiger partial charge on any atom is 0.228 e. The van der Waals surface area contributed by atoms with Crippen LogP contribution in [-0.4, -0.2) is 52.4 Å². The number of rotatable bonds is 5. The Labute approximate surface area is 171 Å². The average Bonchev–Trinajstić information content (AvgIpc) is 3.34. The quantitative estimate of drug-likeness (QED) is 0.840. The fourth-order valence-corrected chi connectivity index (χ4v) is 4.39. The molecule has 29 heavy (non-hydrogen) atoms. The van der Waals surface area contributed by atoms with Crippen LogP contribution in [0.3, 0.4) is 0 Å². The number of carbonyl (C=O) groups is 2. The molecule has 0 bridgehead atoms. The Bertz CT molecular complexity index is 876. The Morgan fingerprint density at radius 1 is 1.28 bits per heavy atom. The summed E-state index contributed by atoms with van der Waals surface area (Å²) in [7, 11) is 1.95. The summed E-state index contributed by atoms with van der Waals surface area (Å²) >= 11 is 0. The minimum Gasteiger partial charge on any atom is -0.336 e. The summed E-state index contributed by atoms with van der Waals surface area (Å²) < 4.78 is 1.96. The van der Waals surface area contributed by atoms with Crippen LogP contribution < -0.4 is 10.2 Å². The van der Waals surface area contributed by atoms with E-state index in [1.807, 2.05) is 34.8 Å². The summed E-state index contributed by atoms with van der Waals surface area (Å²) in [5.74, 6) is 0.644. The maximum atomic E-state index is 13.4. The largest absolute Gasteiger partial charge is 0.336 e. The normalized spacial score (nSPS) is 22.3. The van der Waals surface area contributed by atoms with Gasteiger partial charge in [0.05, 0.1) is 5.92 Å². The van der Waals surface area contributed by atoms with Gasteiger partial charge in [-0.2, -0.15) is 0 Å². The number of nitrogens with one attached hydrogen (secondary N) is 1. The monoisotopic (exact) mass is 395 g/mol. The smallest absolute Gasteiger partial charge is 0.228 e. The summed E-state index contributed by atoms with van der Waals surface area (Å²) in [6.45, 7) is 4.67. The molecule has 3 heterocycles. The Morgan fingerprint density at radius 2 is 2.07 bits per heavy atom. The van der Waals surface area contributed by atoms with E-state index in [0.29, 0.717) is 19.6 Å². The molecule has 0 aliphatic carbocycles. The van der Waals surface area contributed by atoms with Crippen molar-refractivity contribution in [1.29, 1.82) is 0 Å². The third kappa shape index (κ3) is 3.92. The average molecular weight is 396 g/mol. The molecule has 7 nitrogen and oxygen atoms in total. The molecule has 2 unspecified atom stereocenters. The van der Waals surface area contributed by atoms with Gasteiger partial charge in [-0.1, -0.05) is 25.5 Å². The van der Waals surface area contributed by atoms with Gasteiger partial charge < -0.3 is 19.7 Å². The highest BCUT2D eigenvalue weighted by Gasteiger charge is 2.40. The Hall–Kier alpha value is -2.67. The number of hydrogen-bond donors (Lipinski definition) is 1. The molecule has 2 aromatic rings. The maximum absolute atomic E-state index is 13.4. The Kier molecular flexibility index (Phi) is 5.67. The molecule has 2 fully saturated rings. The van der Waals surface area contributed by atoms with Crippen molar-refractivity contribution in [3.05, 3.63) is 48.0 Å². The van der Waals surface area contributed by atoms with E-state index < -0.39 is 0 Å². The van der Waals surface area contributed by atoms with Crippen LogP contribution in [0.4, 0.5) is 5.69 Å². The minimum atomic E-state index is -0.307. The van der Waals surface area contributed by atoms with Crippen LogP contribution in [0.5, 0.6) is 0 Å². The van der Waals surface area contributed by atoms with Crippen molar-refractivity contribution in [2.75, 3.05) is 31.1 Å². The summed E-state index contributed by atoms with van der Waals surface area (Å²) in [5.41, 5.74) is 2.15. The molecule has 7 heteroatoms. The van der Waals surface area contributed by atoms with Crippen LogP contribution in [0, 0.1) is 5.92 Å². The molecule has 0 radical (unpaired) electrons. The summed E-state index contributed by atoms with van der Waals surface area (Å²) in [6, 6.07) is 8.05. The fraction of sp³-hybridized carbons (Fsp3) is 0.500. The second-order valence-electron chi connectivity index (χ2n) is 7.97. The van der Waals surface area contributed by atoms with E-state index >= 15 is 0 Å². The minimum absolute atomic E-state index is 0.0234. The highest BCUT2D eigenvalue weighted by molar-refractivity contribution is 6.00. The zero-order chi connectivity index (χ0) is 20.4. The lowest BCUT2D eigenvalue weighted by Crippen LogP contribution is -2.51. The van der Waals surface area contributed by atoms with Crippen molar-refractivity contribution < 1.29 is 9.59 Å². The molecule has 1 N–H and O–H groups in total. The van der Waals surface area contributed by atoms with Crippen LogP contribution >= 0.6 is 0 Å². The van der Waals surface area contributed by atoms with Gasteiger partial charge in [0.1, 0.15) is 11.9 Å². The molecule has 2 aliphatic heterocycles. The summed E-state index contributed by atoms with van der Waals surface area (Å²) in [6.07, 6.45) is 6.06. The lowest BCUT2D eigenvalue weighted by molar-refractivity contribution is -0.139. The number of anilines is 1. The summed E-state index contributed by atoms with van der Waals surface area (Å²) in [4.78, 5) is 34.2. The molecule has 2 atom stereocenters. The van der Waals surface area contributed by atoms with E-state index in [1.54, 1.807) is 11.1 Å². The second-order valence-corrected chi connectivity index (χ2v) is 7.97. The first-order valence-corrected chi connectivity index (χ1v) is 10.5. The van der Waals surface area contributed by atoms with Gasteiger partial charge in [-0.3, -0.25) is 9.59 Å². The molecule has 2 amide bonds. The zero-order valence-corrected chi connectivity index (χ0v) is 17.2. The number of piperazine rings is 1. The van der Waals surface area contributed by atoms with Gasteiger partial charge in [0, 0.05) is 57.7 Å². The third-order valence-corrected chi connectivity index (χ3v) is 5.94. The molecule has 2 aliphatic rings. The number of nitrogens with zero attached hydrogens (tertiary/aromatic N) is 4. The van der Waals surface area contributed by atoms with Gasteiger partial charge in [-0.15, -0.1) is 0 Å². The van der Waals surface area contributed by atoms with E-state index in [0.717, 1.165) is 30.9 Å². The van der Waals surface area contributed by atoms with Crippen molar-refractivity contribution in [2.45, 2.75) is 32.2 Å². The summed E-state index contributed by atoms with van der Waals surface area (Å²) in [5, 5.41) is 3.36. The third-order valence-electron chi connectivity index (χ3n) is 5.94. The molecule has 1 aromatic heterocycles. The first-order chi connectivity index (χ1) is 14.1. The van der Waals surface area contributed by atoms with E-state index in [1.165, 1.54) is 5.56 Å². The van der Waals surface area contributed by atoms with Gasteiger partial charge in [0.2, 0.25) is 11.8 Å². The molecule has 1 aromatic carbocycles. The van der Waals surface area contributed by atoms with Crippen molar-refractivity contribution in [3.8, 4) is 0 Å². The first-order valence-electron chi connectivity index (χ1n) is 10.5. The molecule has 4 rings (SSSR count). The van der Waals surface area contributed by atoms with Crippen LogP contribution in [0.25, 0.3) is 0 Å². The zero-order valence-electron chi connectivity index (χ0n) is 17.2. The SMILES string of the molecule is CCCc1ccc(N2CC(C(=O)N3CCNCC3c3nccn3C)CC2=O)cc1. The van der Waals surface area contributed by atoms with Crippen LogP contribution in [0.2, 0.25) is 0 Å². The Morgan fingerprint density at radius 3 is 2.76 bits per heavy atom. The molecular formula is C22H29N5O2. The van der Waals surface area contributed by atoms with Crippen LogP contribution in [0.1, 0.15) is 37.2 Å². The second kappa shape index (κ2) is 8.37. The number of carbonyl (C=O) groups excluding carboxylic acids is 2. The van der Waals surface area contributed by atoms with Gasteiger partial charge in [-0.25, -0.2) is 4.98 Å². The van der Waals surface area contributed by atoms with Gasteiger partial charge >= 0.3 is 0 Å². The van der Waals surface area contributed by atoms with Crippen LogP contribution in [-0.2, 0) is 23.1 Å².